The standard InChI is InChI=1S/C15H14ClN3OS/c1-10-12(16)5-2-6-13(10)18-15-17-8-14(20)19(15)9-11-4-3-7-21-11/h2-7H,8-9H2,1H3,(H,17,18)/p+1. The first-order valence-electron chi connectivity index (χ1n) is 6.61. The van der Waals surface area contributed by atoms with Crippen molar-refractivity contribution < 1.29 is 9.79 Å². The summed E-state index contributed by atoms with van der Waals surface area (Å²) in [6.45, 7) is 2.84. The summed E-state index contributed by atoms with van der Waals surface area (Å²) in [5, 5.41) is 5.99. The number of carbonyl (C=O) groups is 1. The fourth-order valence-corrected chi connectivity index (χ4v) is 3.05. The van der Waals surface area contributed by atoms with Crippen LogP contribution in [-0.2, 0) is 11.3 Å². The van der Waals surface area contributed by atoms with E-state index in [-0.39, 0.29) is 5.91 Å². The lowest BCUT2D eigenvalue weighted by Crippen LogP contribution is -2.72. The van der Waals surface area contributed by atoms with Gasteiger partial charge in [0, 0.05) is 15.5 Å². The Kier molecular flexibility index (Phi) is 3.94. The van der Waals surface area contributed by atoms with Crippen LogP contribution in [0.15, 0.2) is 35.7 Å². The highest BCUT2D eigenvalue weighted by Gasteiger charge is 2.33. The summed E-state index contributed by atoms with van der Waals surface area (Å²) in [6, 6.07) is 9.70. The highest BCUT2D eigenvalue weighted by Crippen LogP contribution is 2.23. The molecule has 0 unspecified atom stereocenters. The number of nitrogens with one attached hydrogen (secondary N) is 2. The molecular formula is C15H15ClN3OS+. The maximum atomic E-state index is 12.0. The van der Waals surface area contributed by atoms with E-state index in [1.165, 1.54) is 0 Å². The van der Waals surface area contributed by atoms with Crippen LogP contribution in [0, 0.1) is 6.92 Å². The fourth-order valence-electron chi connectivity index (χ4n) is 2.18. The lowest BCUT2D eigenvalue weighted by Gasteiger charge is -2.12. The third-order valence-corrected chi connectivity index (χ3v) is 4.66. The van der Waals surface area contributed by atoms with Crippen molar-refractivity contribution in [3.05, 3.63) is 51.2 Å². The van der Waals surface area contributed by atoms with Crippen LogP contribution in [0.5, 0.6) is 0 Å². The molecule has 2 aromatic rings. The van der Waals surface area contributed by atoms with Crippen molar-refractivity contribution in [1.29, 1.82) is 0 Å². The van der Waals surface area contributed by atoms with E-state index in [4.69, 9.17) is 11.6 Å². The maximum Gasteiger partial charge on any atom is 0.358 e. The van der Waals surface area contributed by atoms with Crippen molar-refractivity contribution >= 4 is 40.5 Å². The minimum absolute atomic E-state index is 0.0607. The molecule has 1 aromatic carbocycles. The molecule has 1 aliphatic rings. The quantitative estimate of drug-likeness (QED) is 0.902. The van der Waals surface area contributed by atoms with Crippen molar-refractivity contribution in [2.45, 2.75) is 13.5 Å². The third kappa shape index (κ3) is 2.94. The molecule has 0 spiro atoms. The Morgan fingerprint density at radius 3 is 3.00 bits per heavy atom. The van der Waals surface area contributed by atoms with Gasteiger partial charge >= 0.3 is 11.9 Å². The maximum absolute atomic E-state index is 12.0. The molecule has 0 fully saturated rings. The van der Waals surface area contributed by atoms with E-state index >= 15 is 0 Å². The second-order valence-corrected chi connectivity index (χ2v) is 6.24. The topological polar surface area (TPSA) is 46.3 Å². The Morgan fingerprint density at radius 1 is 1.38 bits per heavy atom. The number of hydrogen-bond acceptors (Lipinski definition) is 3. The molecule has 2 heterocycles. The number of guanidine groups is 1. The Balaban J connectivity index is 1.80. The van der Waals surface area contributed by atoms with Crippen LogP contribution in [-0.4, -0.2) is 23.3 Å². The number of carbonyl (C=O) groups excluding carboxylic acids is 1. The van der Waals surface area contributed by atoms with Gasteiger partial charge in [0.05, 0.1) is 0 Å². The van der Waals surface area contributed by atoms with Crippen LogP contribution < -0.4 is 10.3 Å². The van der Waals surface area contributed by atoms with Gasteiger partial charge in [0.25, 0.3) is 0 Å². The molecule has 1 aliphatic heterocycles. The second-order valence-electron chi connectivity index (χ2n) is 4.80. The molecule has 0 atom stereocenters. The molecule has 0 bridgehead atoms. The Labute approximate surface area is 132 Å². The molecular weight excluding hydrogens is 306 g/mol. The molecule has 0 radical (unpaired) electrons. The van der Waals surface area contributed by atoms with Crippen molar-refractivity contribution in [3.8, 4) is 0 Å². The molecule has 3 rings (SSSR count). The van der Waals surface area contributed by atoms with Gasteiger partial charge in [0.2, 0.25) is 0 Å². The smallest absolute Gasteiger partial charge is 0.266 e. The zero-order valence-electron chi connectivity index (χ0n) is 11.5. The number of benzene rings is 1. The lowest BCUT2D eigenvalue weighted by atomic mass is 10.2. The van der Waals surface area contributed by atoms with Crippen LogP contribution in [0.4, 0.5) is 5.69 Å². The van der Waals surface area contributed by atoms with Gasteiger partial charge in [0.1, 0.15) is 12.2 Å². The van der Waals surface area contributed by atoms with Crippen LogP contribution in [0.25, 0.3) is 0 Å². The Bertz CT molecular complexity index is 697. The summed E-state index contributed by atoms with van der Waals surface area (Å²) in [4.78, 5) is 18.0. The summed E-state index contributed by atoms with van der Waals surface area (Å²) >= 11 is 7.77. The second kappa shape index (κ2) is 5.87. The zero-order valence-corrected chi connectivity index (χ0v) is 13.1. The van der Waals surface area contributed by atoms with Crippen LogP contribution in [0.2, 0.25) is 5.02 Å². The van der Waals surface area contributed by atoms with Crippen molar-refractivity contribution in [2.75, 3.05) is 11.9 Å². The minimum atomic E-state index is 0.0607. The van der Waals surface area contributed by atoms with Gasteiger partial charge in [-0.25, -0.2) is 5.32 Å². The monoisotopic (exact) mass is 320 g/mol. The molecule has 0 aliphatic carbocycles. The summed E-state index contributed by atoms with van der Waals surface area (Å²) in [6.07, 6.45) is 0. The number of thiophene rings is 1. The number of nitrogens with zero attached hydrogens (tertiary/aromatic N) is 1. The zero-order chi connectivity index (χ0) is 14.8. The number of hydrogen-bond donors (Lipinski definition) is 2. The van der Waals surface area contributed by atoms with Gasteiger partial charge in [-0.15, -0.1) is 11.3 Å². The number of anilines is 1. The molecule has 6 heteroatoms. The summed E-state index contributed by atoms with van der Waals surface area (Å²) in [7, 11) is 0. The van der Waals surface area contributed by atoms with Crippen LogP contribution in [0.3, 0.4) is 0 Å². The Hall–Kier alpha value is -1.85. The number of halogens is 1. The van der Waals surface area contributed by atoms with E-state index in [2.05, 4.69) is 10.3 Å². The molecule has 1 aromatic heterocycles. The van der Waals surface area contributed by atoms with E-state index in [9.17, 15) is 4.79 Å². The molecule has 21 heavy (non-hydrogen) atoms. The van der Waals surface area contributed by atoms with E-state index in [1.807, 2.05) is 42.6 Å². The predicted octanol–water partition coefficient (Wildman–Crippen LogP) is 1.60. The highest BCUT2D eigenvalue weighted by atomic mass is 35.5. The first-order chi connectivity index (χ1) is 10.1. The highest BCUT2D eigenvalue weighted by molar-refractivity contribution is 7.09. The molecule has 4 nitrogen and oxygen atoms in total. The molecule has 0 saturated carbocycles. The molecule has 108 valence electrons. The van der Waals surface area contributed by atoms with Crippen LogP contribution >= 0.6 is 22.9 Å². The average molecular weight is 321 g/mol. The Morgan fingerprint density at radius 2 is 2.24 bits per heavy atom. The van der Waals surface area contributed by atoms with E-state index < -0.39 is 0 Å². The van der Waals surface area contributed by atoms with Crippen molar-refractivity contribution in [3.63, 3.8) is 0 Å². The summed E-state index contributed by atoms with van der Waals surface area (Å²) in [5.41, 5.74) is 1.86. The van der Waals surface area contributed by atoms with E-state index in [0.29, 0.717) is 24.1 Å². The third-order valence-electron chi connectivity index (χ3n) is 3.39. The largest absolute Gasteiger partial charge is 0.358 e. The first kappa shape index (κ1) is 14.1. The van der Waals surface area contributed by atoms with Crippen molar-refractivity contribution in [2.24, 2.45) is 0 Å². The first-order valence-corrected chi connectivity index (χ1v) is 7.86. The van der Waals surface area contributed by atoms with Gasteiger partial charge in [0.15, 0.2) is 6.54 Å². The van der Waals surface area contributed by atoms with Crippen molar-refractivity contribution in [1.82, 2.24) is 4.90 Å². The summed E-state index contributed by atoms with van der Waals surface area (Å²) in [5.74, 6) is 0.768. The number of rotatable bonds is 3. The van der Waals surface area contributed by atoms with Gasteiger partial charge in [-0.05, 0) is 30.5 Å². The predicted molar refractivity (Wildman–Crippen MR) is 85.5 cm³/mol. The van der Waals surface area contributed by atoms with Gasteiger partial charge in [-0.2, -0.15) is 4.90 Å². The SMILES string of the molecule is Cc1c(Cl)cccc1NC1=[NH+]CC(=O)N1Cc1cccs1. The van der Waals surface area contributed by atoms with Gasteiger partial charge < -0.3 is 0 Å². The fraction of sp³-hybridized carbons (Fsp3) is 0.200. The molecule has 0 saturated heterocycles. The average Bonchev–Trinajstić information content (AvgIpc) is 3.09. The lowest BCUT2D eigenvalue weighted by molar-refractivity contribution is -0.438. The normalized spacial score (nSPS) is 14.5. The minimum Gasteiger partial charge on any atom is -0.266 e. The summed E-state index contributed by atoms with van der Waals surface area (Å²) < 4.78 is 0. The van der Waals surface area contributed by atoms with Gasteiger partial charge in [-0.1, -0.05) is 23.7 Å². The molecule has 1 amide bonds. The van der Waals surface area contributed by atoms with Gasteiger partial charge in [-0.3, -0.25) is 9.79 Å². The molecule has 2 N–H and O–H groups in total. The van der Waals surface area contributed by atoms with E-state index in [1.54, 1.807) is 16.2 Å². The number of amides is 1. The van der Waals surface area contributed by atoms with Crippen LogP contribution in [0.1, 0.15) is 10.4 Å². The van der Waals surface area contributed by atoms with E-state index in [0.717, 1.165) is 16.1 Å².